The van der Waals surface area contributed by atoms with Gasteiger partial charge in [-0.3, -0.25) is 9.59 Å². The molecule has 1 aromatic rings. The monoisotopic (exact) mass is 412 g/mol. The molecule has 4 nitrogen and oxygen atoms in total. The molecule has 0 spiro atoms. The van der Waals surface area contributed by atoms with Gasteiger partial charge in [0.2, 0.25) is 5.91 Å². The number of carbonyl (C=O) groups excluding carboxylic acids is 2. The van der Waals surface area contributed by atoms with Gasteiger partial charge in [-0.25, -0.2) is 0 Å². The zero-order valence-corrected chi connectivity index (χ0v) is 19.0. The van der Waals surface area contributed by atoms with E-state index in [0.717, 1.165) is 63.2 Å². The predicted molar refractivity (Wildman–Crippen MR) is 122 cm³/mol. The lowest BCUT2D eigenvalue weighted by molar-refractivity contribution is -0.140. The van der Waals surface area contributed by atoms with E-state index in [1.54, 1.807) is 0 Å². The number of hydrogen-bond donors (Lipinski definition) is 0. The van der Waals surface area contributed by atoms with Gasteiger partial charge in [0.05, 0.1) is 0 Å². The van der Waals surface area contributed by atoms with Gasteiger partial charge < -0.3 is 9.80 Å². The summed E-state index contributed by atoms with van der Waals surface area (Å²) in [7, 11) is 0. The third-order valence-electron chi connectivity index (χ3n) is 7.12. The van der Waals surface area contributed by atoms with E-state index in [1.807, 2.05) is 35.2 Å². The quantitative estimate of drug-likeness (QED) is 0.563. The van der Waals surface area contributed by atoms with Crippen molar-refractivity contribution in [1.82, 2.24) is 9.80 Å². The standard InChI is InChI=1S/C26H40N2O2/c1-3-5-9-21-12-14-23(15-13-21)26(30)28(18-4-2)24-16-19-27(20-17-24)25(29)22-10-7-6-8-11-22/h6-8,10-11,21,23-24H,3-5,9,12-20H2,1-2H3. The molecule has 1 heterocycles. The Balaban J connectivity index is 1.53. The minimum Gasteiger partial charge on any atom is -0.339 e. The Bertz CT molecular complexity index is 659. The van der Waals surface area contributed by atoms with Crippen molar-refractivity contribution in [3.05, 3.63) is 35.9 Å². The maximum atomic E-state index is 13.4. The molecule has 4 heteroatoms. The maximum absolute atomic E-state index is 13.4. The Kier molecular flexibility index (Phi) is 8.77. The molecule has 30 heavy (non-hydrogen) atoms. The third-order valence-corrected chi connectivity index (χ3v) is 7.12. The molecular formula is C26H40N2O2. The average Bonchev–Trinajstić information content (AvgIpc) is 2.81. The normalized spacial score (nSPS) is 22.7. The first-order chi connectivity index (χ1) is 14.6. The average molecular weight is 413 g/mol. The van der Waals surface area contributed by atoms with Crippen molar-refractivity contribution >= 4 is 11.8 Å². The fourth-order valence-electron chi connectivity index (χ4n) is 5.28. The van der Waals surface area contributed by atoms with Gasteiger partial charge >= 0.3 is 0 Å². The van der Waals surface area contributed by atoms with Crippen molar-refractivity contribution in [2.75, 3.05) is 19.6 Å². The van der Waals surface area contributed by atoms with E-state index in [0.29, 0.717) is 5.91 Å². The molecule has 0 aromatic heterocycles. The highest BCUT2D eigenvalue weighted by Crippen LogP contribution is 2.34. The molecule has 2 aliphatic rings. The van der Waals surface area contributed by atoms with Crippen LogP contribution in [0.3, 0.4) is 0 Å². The number of carbonyl (C=O) groups is 2. The molecule has 0 unspecified atom stereocenters. The summed E-state index contributed by atoms with van der Waals surface area (Å²) in [5.41, 5.74) is 0.761. The summed E-state index contributed by atoms with van der Waals surface area (Å²) < 4.78 is 0. The fourth-order valence-corrected chi connectivity index (χ4v) is 5.28. The molecule has 1 aromatic carbocycles. The Labute approximate surface area is 183 Å². The summed E-state index contributed by atoms with van der Waals surface area (Å²) in [6.07, 6.45) is 11.3. The van der Waals surface area contributed by atoms with Crippen LogP contribution in [0, 0.1) is 11.8 Å². The van der Waals surface area contributed by atoms with E-state index in [4.69, 9.17) is 0 Å². The predicted octanol–water partition coefficient (Wildman–Crippen LogP) is 5.53. The largest absolute Gasteiger partial charge is 0.339 e. The Morgan fingerprint density at radius 2 is 1.60 bits per heavy atom. The molecular weight excluding hydrogens is 372 g/mol. The van der Waals surface area contributed by atoms with Crippen LogP contribution in [-0.4, -0.2) is 47.3 Å². The van der Waals surface area contributed by atoms with Crippen molar-refractivity contribution in [2.45, 2.75) is 84.1 Å². The molecule has 1 saturated heterocycles. The van der Waals surface area contributed by atoms with Crippen molar-refractivity contribution in [1.29, 1.82) is 0 Å². The summed E-state index contributed by atoms with van der Waals surface area (Å²) >= 11 is 0. The number of nitrogens with zero attached hydrogens (tertiary/aromatic N) is 2. The smallest absolute Gasteiger partial charge is 0.253 e. The number of benzene rings is 1. The molecule has 1 saturated carbocycles. The first-order valence-corrected chi connectivity index (χ1v) is 12.3. The first-order valence-electron chi connectivity index (χ1n) is 12.3. The van der Waals surface area contributed by atoms with E-state index in [1.165, 1.54) is 32.1 Å². The summed E-state index contributed by atoms with van der Waals surface area (Å²) in [5.74, 6) is 1.56. The highest BCUT2D eigenvalue weighted by Gasteiger charge is 2.34. The molecule has 0 N–H and O–H groups in total. The summed E-state index contributed by atoms with van der Waals surface area (Å²) in [4.78, 5) is 30.3. The second-order valence-corrected chi connectivity index (χ2v) is 9.28. The van der Waals surface area contributed by atoms with E-state index in [2.05, 4.69) is 18.7 Å². The van der Waals surface area contributed by atoms with Crippen LogP contribution in [0.5, 0.6) is 0 Å². The number of rotatable bonds is 8. The van der Waals surface area contributed by atoms with Gasteiger partial charge in [-0.1, -0.05) is 51.3 Å². The number of likely N-dealkylation sites (tertiary alicyclic amines) is 1. The van der Waals surface area contributed by atoms with Crippen LogP contribution < -0.4 is 0 Å². The molecule has 3 rings (SSSR count). The SMILES string of the molecule is CCCCC1CCC(C(=O)N(CCC)C2CCN(C(=O)c3ccccc3)CC2)CC1. The van der Waals surface area contributed by atoms with Gasteiger partial charge in [0.15, 0.2) is 0 Å². The fraction of sp³-hybridized carbons (Fsp3) is 0.692. The van der Waals surface area contributed by atoms with Crippen LogP contribution in [0.15, 0.2) is 30.3 Å². The number of unbranched alkanes of at least 4 members (excludes halogenated alkanes) is 1. The van der Waals surface area contributed by atoms with Gasteiger partial charge in [0, 0.05) is 37.2 Å². The zero-order chi connectivity index (χ0) is 21.3. The van der Waals surface area contributed by atoms with Crippen LogP contribution in [0.4, 0.5) is 0 Å². The van der Waals surface area contributed by atoms with Crippen molar-refractivity contribution < 1.29 is 9.59 Å². The highest BCUT2D eigenvalue weighted by atomic mass is 16.2. The Morgan fingerprint density at radius 1 is 0.933 bits per heavy atom. The van der Waals surface area contributed by atoms with Crippen LogP contribution in [0.1, 0.15) is 88.4 Å². The van der Waals surface area contributed by atoms with Gasteiger partial charge in [-0.05, 0) is 63.0 Å². The van der Waals surface area contributed by atoms with E-state index in [-0.39, 0.29) is 17.9 Å². The molecule has 2 fully saturated rings. The second-order valence-electron chi connectivity index (χ2n) is 9.28. The number of piperidine rings is 1. The minimum atomic E-state index is 0.118. The van der Waals surface area contributed by atoms with Crippen LogP contribution >= 0.6 is 0 Å². The van der Waals surface area contributed by atoms with Gasteiger partial charge in [0.25, 0.3) is 5.91 Å². The lowest BCUT2D eigenvalue weighted by Gasteiger charge is -2.41. The van der Waals surface area contributed by atoms with Crippen LogP contribution in [-0.2, 0) is 4.79 Å². The summed E-state index contributed by atoms with van der Waals surface area (Å²) in [6.45, 7) is 6.77. The molecule has 1 aliphatic heterocycles. The van der Waals surface area contributed by atoms with E-state index < -0.39 is 0 Å². The molecule has 1 aliphatic carbocycles. The Morgan fingerprint density at radius 3 is 2.20 bits per heavy atom. The molecule has 0 radical (unpaired) electrons. The zero-order valence-electron chi connectivity index (χ0n) is 19.0. The number of amides is 2. The van der Waals surface area contributed by atoms with Gasteiger partial charge in [-0.2, -0.15) is 0 Å². The number of hydrogen-bond acceptors (Lipinski definition) is 2. The minimum absolute atomic E-state index is 0.118. The third kappa shape index (κ3) is 5.86. The van der Waals surface area contributed by atoms with Crippen molar-refractivity contribution in [2.24, 2.45) is 11.8 Å². The van der Waals surface area contributed by atoms with Crippen molar-refractivity contribution in [3.8, 4) is 0 Å². The summed E-state index contributed by atoms with van der Waals surface area (Å²) in [5, 5.41) is 0. The maximum Gasteiger partial charge on any atom is 0.253 e. The van der Waals surface area contributed by atoms with Crippen LogP contribution in [0.25, 0.3) is 0 Å². The van der Waals surface area contributed by atoms with Crippen LogP contribution in [0.2, 0.25) is 0 Å². The van der Waals surface area contributed by atoms with Gasteiger partial charge in [0.1, 0.15) is 0 Å². The molecule has 166 valence electrons. The van der Waals surface area contributed by atoms with E-state index >= 15 is 0 Å². The van der Waals surface area contributed by atoms with Crippen molar-refractivity contribution in [3.63, 3.8) is 0 Å². The molecule has 0 bridgehead atoms. The molecule has 2 amide bonds. The van der Waals surface area contributed by atoms with E-state index in [9.17, 15) is 9.59 Å². The lowest BCUT2D eigenvalue weighted by atomic mass is 9.79. The summed E-state index contributed by atoms with van der Waals surface area (Å²) in [6, 6.07) is 9.83. The lowest BCUT2D eigenvalue weighted by Crippen LogP contribution is -2.50. The topological polar surface area (TPSA) is 40.6 Å². The second kappa shape index (κ2) is 11.5. The molecule has 0 atom stereocenters. The first kappa shape index (κ1) is 22.8. The van der Waals surface area contributed by atoms with Gasteiger partial charge in [-0.15, -0.1) is 0 Å². The highest BCUT2D eigenvalue weighted by molar-refractivity contribution is 5.94. The Hall–Kier alpha value is -1.84.